The van der Waals surface area contributed by atoms with Crippen LogP contribution in [0.15, 0.2) is 18.2 Å². The predicted molar refractivity (Wildman–Crippen MR) is 95.5 cm³/mol. The maximum absolute atomic E-state index is 10.8. The van der Waals surface area contributed by atoms with E-state index in [0.717, 1.165) is 13.0 Å². The quantitative estimate of drug-likeness (QED) is 0.363. The topological polar surface area (TPSA) is 87.4 Å². The molecule has 0 bridgehead atoms. The average Bonchev–Trinajstić information content (AvgIpc) is 2.54. The zero-order chi connectivity index (χ0) is 17.2. The van der Waals surface area contributed by atoms with Crippen molar-refractivity contribution in [1.29, 1.82) is 0 Å². The fourth-order valence-corrected chi connectivity index (χ4v) is 2.40. The normalized spacial score (nSPS) is 11.7. The van der Waals surface area contributed by atoms with Crippen molar-refractivity contribution in [2.45, 2.75) is 46.1 Å². The molecule has 0 heterocycles. The molecular weight excluding hydrogens is 314 g/mol. The molecule has 1 atom stereocenters. The van der Waals surface area contributed by atoms with Crippen molar-refractivity contribution in [2.24, 2.45) is 5.92 Å². The van der Waals surface area contributed by atoms with Crippen LogP contribution in [0, 0.1) is 16.0 Å². The Morgan fingerprint density at radius 1 is 1.39 bits per heavy atom. The van der Waals surface area contributed by atoms with Crippen molar-refractivity contribution in [3.8, 4) is 5.75 Å². The van der Waals surface area contributed by atoms with E-state index in [-0.39, 0.29) is 18.0 Å². The summed E-state index contributed by atoms with van der Waals surface area (Å²) in [7, 11) is 0. The number of hydrogen-bond acceptors (Lipinski definition) is 4. The summed E-state index contributed by atoms with van der Waals surface area (Å²) in [6.45, 7) is 5.39. The number of nitrogens with one attached hydrogen (secondary N) is 2. The molecule has 0 saturated carbocycles. The highest BCUT2D eigenvalue weighted by atomic mass is 32.1. The number of phenolic OH excluding ortho intramolecular Hbond substituents is 1. The molecule has 0 spiro atoms. The van der Waals surface area contributed by atoms with E-state index in [9.17, 15) is 15.2 Å². The number of non-ortho nitro benzene ring substituents is 1. The number of nitro benzene ring substituents is 1. The van der Waals surface area contributed by atoms with Gasteiger partial charge in [0.1, 0.15) is 5.75 Å². The minimum absolute atomic E-state index is 0.0141. The third-order valence-electron chi connectivity index (χ3n) is 3.81. The van der Waals surface area contributed by atoms with Gasteiger partial charge in [0.05, 0.1) is 4.92 Å². The summed E-state index contributed by atoms with van der Waals surface area (Å²) >= 11 is 5.22. The smallest absolute Gasteiger partial charge is 0.270 e. The van der Waals surface area contributed by atoms with Crippen LogP contribution in [0.25, 0.3) is 0 Å². The van der Waals surface area contributed by atoms with Gasteiger partial charge < -0.3 is 15.7 Å². The second kappa shape index (κ2) is 9.99. The van der Waals surface area contributed by atoms with Gasteiger partial charge in [-0.15, -0.1) is 0 Å². The van der Waals surface area contributed by atoms with Gasteiger partial charge in [-0.25, -0.2) is 0 Å². The summed E-state index contributed by atoms with van der Waals surface area (Å²) in [4.78, 5) is 10.3. The lowest BCUT2D eigenvalue weighted by molar-refractivity contribution is -0.384. The first kappa shape index (κ1) is 19.2. The molecule has 6 nitrogen and oxygen atoms in total. The molecule has 7 heteroatoms. The Bertz CT molecular complexity index is 537. The van der Waals surface area contributed by atoms with Crippen LogP contribution < -0.4 is 10.6 Å². The molecule has 1 aromatic rings. The van der Waals surface area contributed by atoms with Crippen molar-refractivity contribution in [3.63, 3.8) is 0 Å². The van der Waals surface area contributed by atoms with Crippen molar-refractivity contribution in [1.82, 2.24) is 10.6 Å². The van der Waals surface area contributed by atoms with Crippen LogP contribution in [0.1, 0.15) is 45.1 Å². The van der Waals surface area contributed by atoms with Gasteiger partial charge in [-0.3, -0.25) is 10.1 Å². The predicted octanol–water partition coefficient (Wildman–Crippen LogP) is 3.48. The molecule has 0 saturated heterocycles. The van der Waals surface area contributed by atoms with Crippen molar-refractivity contribution < 1.29 is 10.0 Å². The van der Waals surface area contributed by atoms with Crippen LogP contribution in [-0.2, 0) is 6.54 Å². The number of phenols is 1. The standard InChI is InChI=1S/C16H25N3O3S/c1-3-5-6-12(4-2)10-17-16(23)18-11-13-9-14(19(21)22)7-8-15(13)20/h7-9,12,20H,3-6,10-11H2,1-2H3,(H2,17,18,23)/t12-/m0/s1. The lowest BCUT2D eigenvalue weighted by Crippen LogP contribution is -2.37. The molecule has 23 heavy (non-hydrogen) atoms. The molecule has 0 aliphatic carbocycles. The molecule has 1 rings (SSSR count). The van der Waals surface area contributed by atoms with E-state index in [1.54, 1.807) is 0 Å². The summed E-state index contributed by atoms with van der Waals surface area (Å²) in [5.74, 6) is 0.598. The third kappa shape index (κ3) is 6.81. The molecule has 0 radical (unpaired) electrons. The second-order valence-corrected chi connectivity index (χ2v) is 5.96. The highest BCUT2D eigenvalue weighted by Gasteiger charge is 2.11. The fourth-order valence-electron chi connectivity index (χ4n) is 2.25. The molecule has 0 amide bonds. The SMILES string of the molecule is CCCC[C@H](CC)CNC(=S)NCc1cc([N+](=O)[O-])ccc1O. The largest absolute Gasteiger partial charge is 0.508 e. The molecule has 3 N–H and O–H groups in total. The van der Waals surface area contributed by atoms with Crippen LogP contribution >= 0.6 is 12.2 Å². The van der Waals surface area contributed by atoms with Crippen molar-refractivity contribution >= 4 is 23.0 Å². The van der Waals surface area contributed by atoms with Crippen molar-refractivity contribution in [2.75, 3.05) is 6.54 Å². The number of nitrogens with zero attached hydrogens (tertiary/aromatic N) is 1. The number of rotatable bonds is 9. The Morgan fingerprint density at radius 3 is 2.74 bits per heavy atom. The number of aromatic hydroxyl groups is 1. The molecule has 1 aromatic carbocycles. The van der Waals surface area contributed by atoms with E-state index in [4.69, 9.17) is 12.2 Å². The van der Waals surface area contributed by atoms with Crippen LogP contribution in [0.3, 0.4) is 0 Å². The van der Waals surface area contributed by atoms with Gasteiger partial charge in [-0.2, -0.15) is 0 Å². The molecule has 0 unspecified atom stereocenters. The Morgan fingerprint density at radius 2 is 2.13 bits per heavy atom. The number of hydrogen-bond donors (Lipinski definition) is 3. The van der Waals surface area contributed by atoms with Crippen LogP contribution in [0.4, 0.5) is 5.69 Å². The van der Waals surface area contributed by atoms with Gasteiger partial charge in [0.15, 0.2) is 5.11 Å². The van der Waals surface area contributed by atoms with Crippen molar-refractivity contribution in [3.05, 3.63) is 33.9 Å². The average molecular weight is 339 g/mol. The first-order valence-electron chi connectivity index (χ1n) is 7.95. The van der Waals surface area contributed by atoms with Crippen LogP contribution in [-0.4, -0.2) is 21.7 Å². The van der Waals surface area contributed by atoms with E-state index >= 15 is 0 Å². The molecule has 0 aliphatic rings. The maximum atomic E-state index is 10.8. The first-order valence-corrected chi connectivity index (χ1v) is 8.36. The minimum Gasteiger partial charge on any atom is -0.508 e. The Hall–Kier alpha value is -1.89. The van der Waals surface area contributed by atoms with E-state index in [1.165, 1.54) is 37.5 Å². The third-order valence-corrected chi connectivity index (χ3v) is 4.10. The number of unbranched alkanes of at least 4 members (excludes halogenated alkanes) is 1. The van der Waals surface area contributed by atoms with E-state index in [1.807, 2.05) is 0 Å². The Kier molecular flexibility index (Phi) is 8.32. The summed E-state index contributed by atoms with van der Waals surface area (Å²) in [6.07, 6.45) is 4.67. The number of benzene rings is 1. The summed E-state index contributed by atoms with van der Waals surface area (Å²) in [6, 6.07) is 3.94. The number of nitro groups is 1. The van der Waals surface area contributed by atoms with E-state index in [0.29, 0.717) is 16.6 Å². The molecule has 0 aromatic heterocycles. The van der Waals surface area contributed by atoms with Crippen LogP contribution in [0.5, 0.6) is 5.75 Å². The highest BCUT2D eigenvalue weighted by molar-refractivity contribution is 7.80. The van der Waals surface area contributed by atoms with Gasteiger partial charge >= 0.3 is 0 Å². The highest BCUT2D eigenvalue weighted by Crippen LogP contribution is 2.22. The fraction of sp³-hybridized carbons (Fsp3) is 0.562. The zero-order valence-electron chi connectivity index (χ0n) is 13.7. The van der Waals surface area contributed by atoms with Gasteiger partial charge in [0.2, 0.25) is 0 Å². The van der Waals surface area contributed by atoms with Gasteiger partial charge in [-0.1, -0.05) is 33.1 Å². The zero-order valence-corrected chi connectivity index (χ0v) is 14.5. The second-order valence-electron chi connectivity index (χ2n) is 5.55. The van der Waals surface area contributed by atoms with E-state index in [2.05, 4.69) is 24.5 Å². The maximum Gasteiger partial charge on any atom is 0.270 e. The van der Waals surface area contributed by atoms with Gasteiger partial charge in [-0.05, 0) is 30.6 Å². The molecule has 0 fully saturated rings. The van der Waals surface area contributed by atoms with E-state index < -0.39 is 4.92 Å². The lowest BCUT2D eigenvalue weighted by atomic mass is 9.99. The minimum atomic E-state index is -0.487. The first-order chi connectivity index (χ1) is 11.0. The van der Waals surface area contributed by atoms with Gasteiger partial charge in [0, 0.05) is 30.8 Å². The lowest BCUT2D eigenvalue weighted by Gasteiger charge is -2.17. The molecular formula is C16H25N3O3S. The Labute approximate surface area is 142 Å². The summed E-state index contributed by atoms with van der Waals surface area (Å²) in [5.41, 5.74) is 0.394. The Balaban J connectivity index is 2.47. The summed E-state index contributed by atoms with van der Waals surface area (Å²) < 4.78 is 0. The van der Waals surface area contributed by atoms with Gasteiger partial charge in [0.25, 0.3) is 5.69 Å². The molecule has 128 valence electrons. The molecule has 0 aliphatic heterocycles. The monoisotopic (exact) mass is 339 g/mol. The number of thiocarbonyl (C=S) groups is 1. The van der Waals surface area contributed by atoms with Crippen LogP contribution in [0.2, 0.25) is 0 Å². The summed E-state index contributed by atoms with van der Waals surface area (Å²) in [5, 5.41) is 27.2.